The van der Waals surface area contributed by atoms with Crippen LogP contribution in [0, 0.1) is 6.92 Å². The first-order chi connectivity index (χ1) is 18.8. The lowest BCUT2D eigenvalue weighted by Gasteiger charge is -2.32. The molecule has 40 heavy (non-hydrogen) atoms. The summed E-state index contributed by atoms with van der Waals surface area (Å²) in [6.07, 6.45) is 0.726. The number of esters is 1. The van der Waals surface area contributed by atoms with Crippen LogP contribution in [0.5, 0.6) is 0 Å². The molecule has 1 fully saturated rings. The minimum Gasteiger partial charge on any atom is -0.465 e. The molecular weight excluding hydrogens is 531 g/mol. The van der Waals surface area contributed by atoms with E-state index in [9.17, 15) is 9.59 Å². The number of hydrogen-bond donors (Lipinski definition) is 2. The number of carbonyl (C=O) groups excluding carboxylic acids is 2. The highest BCUT2D eigenvalue weighted by molar-refractivity contribution is 6.62. The van der Waals surface area contributed by atoms with Crippen molar-refractivity contribution in [3.8, 4) is 5.69 Å². The Hall–Kier alpha value is -3.34. The minimum atomic E-state index is -0.612. The van der Waals surface area contributed by atoms with Crippen molar-refractivity contribution >= 4 is 47.7 Å². The number of anilines is 2. The second kappa shape index (κ2) is 11.6. The predicted octanol–water partition coefficient (Wildman–Crippen LogP) is 5.83. The van der Waals surface area contributed by atoms with Gasteiger partial charge in [0.25, 0.3) is 0 Å². The number of amides is 2. The maximum atomic E-state index is 13.1. The number of urea groups is 1. The molecule has 1 aliphatic heterocycles. The fourth-order valence-corrected chi connectivity index (χ4v) is 4.30. The van der Waals surface area contributed by atoms with Gasteiger partial charge in [-0.05, 0) is 77.7 Å². The van der Waals surface area contributed by atoms with Crippen LogP contribution in [-0.2, 0) is 18.8 Å². The van der Waals surface area contributed by atoms with Crippen LogP contribution in [0.1, 0.15) is 65.1 Å². The van der Waals surface area contributed by atoms with Crippen LogP contribution in [0.2, 0.25) is 5.02 Å². The molecule has 212 valence electrons. The highest BCUT2D eigenvalue weighted by atomic mass is 35.5. The number of ether oxygens (including phenoxy) is 1. The normalized spacial score (nSPS) is 16.4. The molecule has 0 saturated carbocycles. The summed E-state index contributed by atoms with van der Waals surface area (Å²) >= 11 is 6.54. The highest BCUT2D eigenvalue weighted by Gasteiger charge is 2.51. The van der Waals surface area contributed by atoms with E-state index in [0.29, 0.717) is 28.8 Å². The van der Waals surface area contributed by atoms with Gasteiger partial charge in [0.15, 0.2) is 0 Å². The van der Waals surface area contributed by atoms with Gasteiger partial charge in [-0.25, -0.2) is 9.48 Å². The van der Waals surface area contributed by atoms with Crippen LogP contribution in [-0.4, -0.2) is 46.7 Å². The number of hydrogen-bond acceptors (Lipinski definition) is 6. The van der Waals surface area contributed by atoms with Gasteiger partial charge in [-0.3, -0.25) is 10.1 Å². The van der Waals surface area contributed by atoms with Gasteiger partial charge in [-0.1, -0.05) is 42.3 Å². The van der Waals surface area contributed by atoms with Gasteiger partial charge in [-0.2, -0.15) is 5.10 Å². The van der Waals surface area contributed by atoms with Crippen molar-refractivity contribution in [3.05, 3.63) is 64.8 Å². The van der Waals surface area contributed by atoms with Crippen molar-refractivity contribution in [2.45, 2.75) is 72.0 Å². The van der Waals surface area contributed by atoms with E-state index in [2.05, 4.69) is 15.7 Å². The summed E-state index contributed by atoms with van der Waals surface area (Å²) < 4.78 is 19.1. The minimum absolute atomic E-state index is 0.336. The zero-order chi connectivity index (χ0) is 29.2. The van der Waals surface area contributed by atoms with E-state index in [4.69, 9.17) is 25.6 Å². The summed E-state index contributed by atoms with van der Waals surface area (Å²) in [5, 5.41) is 10.6. The van der Waals surface area contributed by atoms with Crippen LogP contribution in [0.4, 0.5) is 16.3 Å². The lowest BCUT2D eigenvalue weighted by Crippen LogP contribution is -2.41. The van der Waals surface area contributed by atoms with Gasteiger partial charge in [0.2, 0.25) is 0 Å². The Morgan fingerprint density at radius 2 is 1.70 bits per heavy atom. The summed E-state index contributed by atoms with van der Waals surface area (Å²) in [5.74, 6) is -0.601. The number of aryl methyl sites for hydroxylation is 1. The topological polar surface area (TPSA) is 104 Å². The largest absolute Gasteiger partial charge is 0.494 e. The van der Waals surface area contributed by atoms with Crippen molar-refractivity contribution in [2.75, 3.05) is 17.2 Å². The molecule has 1 aromatic heterocycles. The van der Waals surface area contributed by atoms with Crippen molar-refractivity contribution in [1.82, 2.24) is 9.78 Å². The number of aromatic nitrogens is 2. The molecule has 1 unspecified atom stereocenters. The predicted molar refractivity (Wildman–Crippen MR) is 158 cm³/mol. The zero-order valence-electron chi connectivity index (χ0n) is 24.0. The molecule has 0 spiro atoms. The standard InChI is InChI=1S/C29H36BClN4O5/c1-8-15-38-26(36)19(3)24-17-25(35(34-24)21-12-9-18(2)10-13-21)33-27(37)32-23-14-11-20(16-22(23)31)30-39-28(4,5)29(6,7)40-30/h9-14,16-17,19H,8,15H2,1-7H3,(H2,32,33,37). The fourth-order valence-electron chi connectivity index (χ4n) is 4.06. The molecule has 1 atom stereocenters. The Morgan fingerprint density at radius 1 is 1.05 bits per heavy atom. The van der Waals surface area contributed by atoms with Crippen molar-refractivity contribution < 1.29 is 23.6 Å². The van der Waals surface area contributed by atoms with E-state index in [1.165, 1.54) is 0 Å². The molecule has 0 radical (unpaired) electrons. The zero-order valence-corrected chi connectivity index (χ0v) is 24.8. The lowest BCUT2D eigenvalue weighted by molar-refractivity contribution is -0.145. The highest BCUT2D eigenvalue weighted by Crippen LogP contribution is 2.37. The van der Waals surface area contributed by atoms with Crippen LogP contribution in [0.15, 0.2) is 48.5 Å². The summed E-state index contributed by atoms with van der Waals surface area (Å²) in [5.41, 5.74) is 2.49. The number of nitrogens with one attached hydrogen (secondary N) is 2. The van der Waals surface area contributed by atoms with Gasteiger partial charge in [-0.15, -0.1) is 0 Å². The first-order valence-corrected chi connectivity index (χ1v) is 13.8. The fraction of sp³-hybridized carbons (Fsp3) is 0.414. The Morgan fingerprint density at radius 3 is 2.30 bits per heavy atom. The van der Waals surface area contributed by atoms with Crippen LogP contribution < -0.4 is 16.1 Å². The second-order valence-corrected chi connectivity index (χ2v) is 11.4. The number of nitrogens with zero attached hydrogens (tertiary/aromatic N) is 2. The average molecular weight is 567 g/mol. The van der Waals surface area contributed by atoms with Crippen molar-refractivity contribution in [1.29, 1.82) is 0 Å². The summed E-state index contributed by atoms with van der Waals surface area (Å²) in [6, 6.07) is 14.0. The number of halogens is 1. The Labute approximate surface area is 240 Å². The summed E-state index contributed by atoms with van der Waals surface area (Å²) in [4.78, 5) is 25.6. The van der Waals surface area contributed by atoms with Crippen molar-refractivity contribution in [3.63, 3.8) is 0 Å². The van der Waals surface area contributed by atoms with Gasteiger partial charge in [0.1, 0.15) is 5.82 Å². The third kappa shape index (κ3) is 6.35. The maximum Gasteiger partial charge on any atom is 0.494 e. The molecule has 2 aromatic carbocycles. The molecule has 3 aromatic rings. The number of carbonyl (C=O) groups is 2. The molecule has 0 bridgehead atoms. The van der Waals surface area contributed by atoms with E-state index in [1.54, 1.807) is 29.8 Å². The van der Waals surface area contributed by atoms with E-state index < -0.39 is 30.3 Å². The third-order valence-electron chi connectivity index (χ3n) is 7.26. The molecule has 0 aliphatic carbocycles. The monoisotopic (exact) mass is 566 g/mol. The van der Waals surface area contributed by atoms with Crippen LogP contribution in [0.25, 0.3) is 5.69 Å². The SMILES string of the molecule is CCCOC(=O)C(C)c1cc(NC(=O)Nc2ccc(B3OC(C)(C)C(C)(C)O3)cc2Cl)n(-c2ccc(C)cc2)n1. The van der Waals surface area contributed by atoms with Crippen LogP contribution >= 0.6 is 11.6 Å². The summed E-state index contributed by atoms with van der Waals surface area (Å²) in [6.45, 7) is 13.9. The molecular formula is C29H36BClN4O5. The maximum absolute atomic E-state index is 13.1. The lowest BCUT2D eigenvalue weighted by atomic mass is 9.79. The molecule has 9 nitrogen and oxygen atoms in total. The van der Waals surface area contributed by atoms with Gasteiger partial charge < -0.3 is 19.4 Å². The molecule has 11 heteroatoms. The van der Waals surface area contributed by atoms with E-state index in [1.807, 2.05) is 71.9 Å². The van der Waals surface area contributed by atoms with Crippen LogP contribution in [0.3, 0.4) is 0 Å². The molecule has 2 heterocycles. The average Bonchev–Trinajstić information content (AvgIpc) is 3.40. The van der Waals surface area contributed by atoms with Gasteiger partial charge in [0, 0.05) is 6.07 Å². The van der Waals surface area contributed by atoms with Crippen molar-refractivity contribution in [2.24, 2.45) is 0 Å². The third-order valence-corrected chi connectivity index (χ3v) is 7.57. The van der Waals surface area contributed by atoms with E-state index >= 15 is 0 Å². The van der Waals surface area contributed by atoms with Gasteiger partial charge >= 0.3 is 19.1 Å². The Bertz CT molecular complexity index is 1370. The molecule has 1 saturated heterocycles. The molecule has 4 rings (SSSR count). The van der Waals surface area contributed by atoms with E-state index in [0.717, 1.165) is 23.1 Å². The molecule has 2 amide bonds. The Balaban J connectivity index is 1.53. The molecule has 2 N–H and O–H groups in total. The number of rotatable bonds is 8. The Kier molecular flexibility index (Phi) is 8.63. The first-order valence-electron chi connectivity index (χ1n) is 13.4. The first kappa shape index (κ1) is 29.6. The van der Waals surface area contributed by atoms with Gasteiger partial charge in [0.05, 0.1) is 45.8 Å². The second-order valence-electron chi connectivity index (χ2n) is 11.0. The quantitative estimate of drug-likeness (QED) is 0.262. The number of benzene rings is 2. The molecule has 1 aliphatic rings. The van der Waals surface area contributed by atoms with E-state index in [-0.39, 0.29) is 5.97 Å². The summed E-state index contributed by atoms with van der Waals surface area (Å²) in [7, 11) is -0.571. The smallest absolute Gasteiger partial charge is 0.465 e.